The number of carbonyl (C=O) groups excluding carboxylic acids is 2. The third-order valence-corrected chi connectivity index (χ3v) is 2.38. The van der Waals surface area contributed by atoms with Gasteiger partial charge in [-0.3, -0.25) is 4.90 Å². The first-order valence-corrected chi connectivity index (χ1v) is 5.86. The smallest absolute Gasteiger partial charge is 0.410 e. The molecular weight excluding hydrogens is 246 g/mol. The molecule has 0 radical (unpaired) electrons. The number of nitrogens with zero attached hydrogens (tertiary/aromatic N) is 3. The normalized spacial score (nSPS) is 12.6. The van der Waals surface area contributed by atoms with Gasteiger partial charge in [0.1, 0.15) is 17.9 Å². The van der Waals surface area contributed by atoms with E-state index in [9.17, 15) is 9.59 Å². The molecule has 104 valence electrons. The van der Waals surface area contributed by atoms with Crippen LogP contribution in [0.5, 0.6) is 0 Å². The highest BCUT2D eigenvalue weighted by atomic mass is 16.6. The van der Waals surface area contributed by atoms with Gasteiger partial charge >= 0.3 is 6.09 Å². The van der Waals surface area contributed by atoms with E-state index in [1.165, 1.54) is 29.0 Å². The lowest BCUT2D eigenvalue weighted by Crippen LogP contribution is -2.37. The molecule has 0 saturated carbocycles. The Labute approximate surface area is 112 Å². The van der Waals surface area contributed by atoms with Gasteiger partial charge in [-0.25, -0.2) is 9.48 Å². The summed E-state index contributed by atoms with van der Waals surface area (Å²) < 4.78 is 6.68. The molecule has 0 spiro atoms. The van der Waals surface area contributed by atoms with Crippen LogP contribution in [0, 0.1) is 0 Å². The van der Waals surface area contributed by atoms with Crippen molar-refractivity contribution in [2.24, 2.45) is 0 Å². The minimum atomic E-state index is -0.733. The lowest BCUT2D eigenvalue weighted by Gasteiger charge is -2.27. The minimum Gasteiger partial charge on any atom is -0.444 e. The van der Waals surface area contributed by atoms with Gasteiger partial charge in [-0.1, -0.05) is 6.58 Å². The topological polar surface area (TPSA) is 64.4 Å². The molecule has 0 saturated heterocycles. The SMILES string of the molecule is C=Cn1cc(C(C=O)N(C)C(=O)OC(C)(C)C)cn1. The number of aldehydes is 1. The van der Waals surface area contributed by atoms with Crippen molar-refractivity contribution in [1.82, 2.24) is 14.7 Å². The van der Waals surface area contributed by atoms with Crippen molar-refractivity contribution in [2.45, 2.75) is 32.4 Å². The number of carbonyl (C=O) groups is 2. The number of hydrogen-bond donors (Lipinski definition) is 0. The zero-order valence-corrected chi connectivity index (χ0v) is 11.7. The molecule has 6 heteroatoms. The van der Waals surface area contributed by atoms with Crippen LogP contribution in [0.25, 0.3) is 6.20 Å². The number of aromatic nitrogens is 2. The van der Waals surface area contributed by atoms with Crippen LogP contribution in [0.4, 0.5) is 4.79 Å². The van der Waals surface area contributed by atoms with Crippen molar-refractivity contribution in [1.29, 1.82) is 0 Å². The van der Waals surface area contributed by atoms with Crippen molar-refractivity contribution in [3.05, 3.63) is 24.5 Å². The highest BCUT2D eigenvalue weighted by Gasteiger charge is 2.26. The molecule has 1 aromatic heterocycles. The van der Waals surface area contributed by atoms with E-state index in [2.05, 4.69) is 11.7 Å². The van der Waals surface area contributed by atoms with E-state index >= 15 is 0 Å². The van der Waals surface area contributed by atoms with Crippen LogP contribution in [-0.4, -0.2) is 39.7 Å². The monoisotopic (exact) mass is 265 g/mol. The van der Waals surface area contributed by atoms with Gasteiger partial charge in [-0.15, -0.1) is 0 Å². The summed E-state index contributed by atoms with van der Waals surface area (Å²) >= 11 is 0. The van der Waals surface area contributed by atoms with E-state index in [4.69, 9.17) is 4.74 Å². The van der Waals surface area contributed by atoms with Gasteiger partial charge in [0.05, 0.1) is 6.20 Å². The summed E-state index contributed by atoms with van der Waals surface area (Å²) in [5, 5.41) is 3.98. The molecule has 0 N–H and O–H groups in total. The Morgan fingerprint density at radius 3 is 2.63 bits per heavy atom. The van der Waals surface area contributed by atoms with E-state index in [1.807, 2.05) is 0 Å². The third kappa shape index (κ3) is 3.94. The number of amides is 1. The largest absolute Gasteiger partial charge is 0.444 e. The van der Waals surface area contributed by atoms with Gasteiger partial charge in [0, 0.05) is 25.0 Å². The molecule has 0 aliphatic carbocycles. The maximum absolute atomic E-state index is 11.9. The fourth-order valence-electron chi connectivity index (χ4n) is 1.45. The molecule has 1 amide bonds. The first-order valence-electron chi connectivity index (χ1n) is 5.86. The van der Waals surface area contributed by atoms with Crippen molar-refractivity contribution < 1.29 is 14.3 Å². The van der Waals surface area contributed by atoms with Crippen molar-refractivity contribution in [3.8, 4) is 0 Å². The second kappa shape index (κ2) is 5.69. The van der Waals surface area contributed by atoms with Crippen LogP contribution in [0.1, 0.15) is 32.4 Å². The number of likely N-dealkylation sites (N-methyl/N-ethyl adjacent to an activating group) is 1. The molecule has 1 atom stereocenters. The van der Waals surface area contributed by atoms with E-state index < -0.39 is 17.7 Å². The van der Waals surface area contributed by atoms with Gasteiger partial charge < -0.3 is 9.53 Å². The zero-order valence-electron chi connectivity index (χ0n) is 11.7. The molecule has 0 bridgehead atoms. The molecule has 1 rings (SSSR count). The summed E-state index contributed by atoms with van der Waals surface area (Å²) in [6.07, 6.45) is 4.76. The lowest BCUT2D eigenvalue weighted by molar-refractivity contribution is -0.112. The van der Waals surface area contributed by atoms with Crippen LogP contribution < -0.4 is 0 Å². The Morgan fingerprint density at radius 2 is 2.21 bits per heavy atom. The van der Waals surface area contributed by atoms with Crippen molar-refractivity contribution >= 4 is 18.6 Å². The van der Waals surface area contributed by atoms with Crippen LogP contribution in [0.15, 0.2) is 19.0 Å². The second-order valence-electron chi connectivity index (χ2n) is 5.11. The van der Waals surface area contributed by atoms with E-state index in [0.29, 0.717) is 11.8 Å². The van der Waals surface area contributed by atoms with Crippen LogP contribution in [0.2, 0.25) is 0 Å². The summed E-state index contributed by atoms with van der Waals surface area (Å²) in [6.45, 7) is 8.87. The quantitative estimate of drug-likeness (QED) is 0.782. The maximum atomic E-state index is 11.9. The van der Waals surface area contributed by atoms with Gasteiger partial charge in [0.25, 0.3) is 0 Å². The number of hydrogen-bond acceptors (Lipinski definition) is 4. The number of rotatable bonds is 4. The molecule has 1 heterocycles. The Morgan fingerprint density at radius 1 is 1.58 bits per heavy atom. The van der Waals surface area contributed by atoms with E-state index in [1.54, 1.807) is 27.0 Å². The molecular formula is C13H19N3O3. The fourth-order valence-corrected chi connectivity index (χ4v) is 1.45. The Bertz CT molecular complexity index is 474. The summed E-state index contributed by atoms with van der Waals surface area (Å²) in [5.41, 5.74) is -0.00683. The summed E-state index contributed by atoms with van der Waals surface area (Å²) in [6, 6.07) is -0.733. The summed E-state index contributed by atoms with van der Waals surface area (Å²) in [5.74, 6) is 0. The first-order chi connectivity index (χ1) is 8.78. The first kappa shape index (κ1) is 14.9. The van der Waals surface area contributed by atoms with Crippen LogP contribution in [-0.2, 0) is 9.53 Å². The average Bonchev–Trinajstić information content (AvgIpc) is 2.76. The molecule has 6 nitrogen and oxygen atoms in total. The highest BCUT2D eigenvalue weighted by Crippen LogP contribution is 2.19. The van der Waals surface area contributed by atoms with Gasteiger partial charge in [-0.2, -0.15) is 5.10 Å². The molecule has 19 heavy (non-hydrogen) atoms. The summed E-state index contributed by atoms with van der Waals surface area (Å²) in [4.78, 5) is 24.3. The molecule has 0 aromatic carbocycles. The Kier molecular flexibility index (Phi) is 4.47. The average molecular weight is 265 g/mol. The molecule has 1 unspecified atom stereocenters. The molecule has 0 fully saturated rings. The molecule has 0 aliphatic rings. The van der Waals surface area contributed by atoms with Gasteiger partial charge in [0.15, 0.2) is 0 Å². The van der Waals surface area contributed by atoms with E-state index in [-0.39, 0.29) is 0 Å². The van der Waals surface area contributed by atoms with Crippen molar-refractivity contribution in [2.75, 3.05) is 7.05 Å². The van der Waals surface area contributed by atoms with Gasteiger partial charge in [0.2, 0.25) is 0 Å². The molecule has 1 aromatic rings. The fraction of sp³-hybridized carbons (Fsp3) is 0.462. The summed E-state index contributed by atoms with van der Waals surface area (Å²) in [7, 11) is 1.51. The number of ether oxygens (including phenoxy) is 1. The van der Waals surface area contributed by atoms with Gasteiger partial charge in [-0.05, 0) is 20.8 Å². The molecule has 0 aliphatic heterocycles. The lowest BCUT2D eigenvalue weighted by atomic mass is 10.1. The standard InChI is InChI=1S/C13H19N3O3/c1-6-16-8-10(7-14-16)11(9-17)15(5)12(18)19-13(2,3)4/h6-9,11H,1H2,2-5H3. The van der Waals surface area contributed by atoms with Crippen LogP contribution in [0.3, 0.4) is 0 Å². The minimum absolute atomic E-state index is 0.559. The Hall–Kier alpha value is -2.11. The Balaban J connectivity index is 2.87. The zero-order chi connectivity index (χ0) is 14.6. The highest BCUT2D eigenvalue weighted by molar-refractivity contribution is 5.74. The second-order valence-corrected chi connectivity index (χ2v) is 5.11. The maximum Gasteiger partial charge on any atom is 0.410 e. The van der Waals surface area contributed by atoms with Crippen LogP contribution >= 0.6 is 0 Å². The predicted molar refractivity (Wildman–Crippen MR) is 71.4 cm³/mol. The third-order valence-electron chi connectivity index (χ3n) is 2.38. The van der Waals surface area contributed by atoms with Crippen molar-refractivity contribution in [3.63, 3.8) is 0 Å². The van der Waals surface area contributed by atoms with E-state index in [0.717, 1.165) is 0 Å². The predicted octanol–water partition coefficient (Wildman–Crippen LogP) is 2.09.